The number of hydrogen-bond donors (Lipinski definition) is 0. The van der Waals surface area contributed by atoms with E-state index < -0.39 is 23.2 Å². The van der Waals surface area contributed by atoms with Gasteiger partial charge in [0, 0.05) is 7.11 Å². The van der Waals surface area contributed by atoms with E-state index in [9.17, 15) is 13.6 Å². The Kier molecular flexibility index (Phi) is 4.17. The van der Waals surface area contributed by atoms with Crippen molar-refractivity contribution < 1.29 is 23.0 Å². The lowest BCUT2D eigenvalue weighted by molar-refractivity contribution is 0.0382. The Labute approximate surface area is 85.6 Å². The molecule has 0 saturated heterocycles. The lowest BCUT2D eigenvalue weighted by Crippen LogP contribution is -2.11. The SMILES string of the molecule is COCCOC(=O)c1cc(F)ccc1F. The predicted octanol–water partition coefficient (Wildman–Crippen LogP) is 1.77. The molecule has 15 heavy (non-hydrogen) atoms. The third-order valence-electron chi connectivity index (χ3n) is 1.67. The largest absolute Gasteiger partial charge is 0.460 e. The summed E-state index contributed by atoms with van der Waals surface area (Å²) in [4.78, 5) is 11.2. The zero-order valence-electron chi connectivity index (χ0n) is 8.13. The molecule has 82 valence electrons. The monoisotopic (exact) mass is 216 g/mol. The van der Waals surface area contributed by atoms with Gasteiger partial charge in [-0.3, -0.25) is 0 Å². The van der Waals surface area contributed by atoms with Gasteiger partial charge in [0.2, 0.25) is 0 Å². The number of hydrogen-bond acceptors (Lipinski definition) is 3. The highest BCUT2D eigenvalue weighted by Crippen LogP contribution is 2.10. The third kappa shape index (κ3) is 3.28. The van der Waals surface area contributed by atoms with Gasteiger partial charge < -0.3 is 9.47 Å². The molecule has 0 fully saturated rings. The number of rotatable bonds is 4. The number of methoxy groups -OCH3 is 1. The first-order chi connectivity index (χ1) is 7.15. The highest BCUT2D eigenvalue weighted by Gasteiger charge is 2.13. The summed E-state index contributed by atoms with van der Waals surface area (Å²) in [5, 5.41) is 0. The molecule has 0 N–H and O–H groups in total. The standard InChI is InChI=1S/C10H10F2O3/c1-14-4-5-15-10(13)8-6-7(11)2-3-9(8)12/h2-3,6H,4-5H2,1H3. The van der Waals surface area contributed by atoms with E-state index >= 15 is 0 Å². The van der Waals surface area contributed by atoms with Crippen LogP contribution in [0.3, 0.4) is 0 Å². The minimum atomic E-state index is -0.899. The first kappa shape index (κ1) is 11.6. The number of ether oxygens (including phenoxy) is 2. The van der Waals surface area contributed by atoms with Gasteiger partial charge in [0.1, 0.15) is 18.2 Å². The van der Waals surface area contributed by atoms with E-state index in [-0.39, 0.29) is 13.2 Å². The normalized spacial score (nSPS) is 10.1. The molecule has 0 saturated carbocycles. The lowest BCUT2D eigenvalue weighted by Gasteiger charge is -2.04. The number of carbonyl (C=O) groups is 1. The molecule has 1 aromatic carbocycles. The van der Waals surface area contributed by atoms with Crippen LogP contribution in [0.15, 0.2) is 18.2 Å². The van der Waals surface area contributed by atoms with Crippen molar-refractivity contribution in [2.75, 3.05) is 20.3 Å². The van der Waals surface area contributed by atoms with Crippen molar-refractivity contribution >= 4 is 5.97 Å². The Morgan fingerprint density at radius 1 is 1.33 bits per heavy atom. The van der Waals surface area contributed by atoms with E-state index in [4.69, 9.17) is 0 Å². The van der Waals surface area contributed by atoms with Crippen molar-refractivity contribution in [2.45, 2.75) is 0 Å². The first-order valence-corrected chi connectivity index (χ1v) is 4.26. The number of benzene rings is 1. The van der Waals surface area contributed by atoms with Crippen molar-refractivity contribution in [2.24, 2.45) is 0 Å². The van der Waals surface area contributed by atoms with E-state index in [1.54, 1.807) is 0 Å². The molecule has 0 atom stereocenters. The molecular formula is C10H10F2O3. The Bertz CT molecular complexity index is 353. The maximum absolute atomic E-state index is 13.0. The minimum Gasteiger partial charge on any atom is -0.460 e. The second-order valence-corrected chi connectivity index (χ2v) is 2.75. The van der Waals surface area contributed by atoms with Crippen LogP contribution in [-0.2, 0) is 9.47 Å². The Morgan fingerprint density at radius 3 is 2.73 bits per heavy atom. The molecule has 0 aliphatic rings. The Balaban J connectivity index is 2.68. The summed E-state index contributed by atoms with van der Waals surface area (Å²) in [6.07, 6.45) is 0. The van der Waals surface area contributed by atoms with Crippen molar-refractivity contribution in [1.29, 1.82) is 0 Å². The molecule has 0 aromatic heterocycles. The Morgan fingerprint density at radius 2 is 2.07 bits per heavy atom. The summed E-state index contributed by atoms with van der Waals surface area (Å²) in [6, 6.07) is 2.61. The minimum absolute atomic E-state index is 0.00524. The van der Waals surface area contributed by atoms with Gasteiger partial charge >= 0.3 is 5.97 Å². The molecule has 5 heteroatoms. The molecule has 1 aromatic rings. The third-order valence-corrected chi connectivity index (χ3v) is 1.67. The second kappa shape index (κ2) is 5.41. The molecule has 0 amide bonds. The molecule has 0 radical (unpaired) electrons. The average molecular weight is 216 g/mol. The van der Waals surface area contributed by atoms with Crippen LogP contribution in [0.2, 0.25) is 0 Å². The summed E-state index contributed by atoms with van der Waals surface area (Å²) >= 11 is 0. The fourth-order valence-electron chi connectivity index (χ4n) is 0.949. The number of carbonyl (C=O) groups excluding carboxylic acids is 1. The first-order valence-electron chi connectivity index (χ1n) is 4.26. The molecule has 0 unspecified atom stereocenters. The van der Waals surface area contributed by atoms with Crippen LogP contribution in [0, 0.1) is 11.6 Å². The van der Waals surface area contributed by atoms with E-state index in [1.165, 1.54) is 7.11 Å². The quantitative estimate of drug-likeness (QED) is 0.568. The maximum Gasteiger partial charge on any atom is 0.341 e. The topological polar surface area (TPSA) is 35.5 Å². The fourth-order valence-corrected chi connectivity index (χ4v) is 0.949. The van der Waals surface area contributed by atoms with Gasteiger partial charge in [0.05, 0.1) is 12.2 Å². The van der Waals surface area contributed by atoms with Crippen LogP contribution in [0.5, 0.6) is 0 Å². The summed E-state index contributed by atoms with van der Waals surface area (Å²) in [5.41, 5.74) is -0.411. The zero-order chi connectivity index (χ0) is 11.3. The van der Waals surface area contributed by atoms with E-state index in [1.807, 2.05) is 0 Å². The molecule has 0 bridgehead atoms. The lowest BCUT2D eigenvalue weighted by atomic mass is 10.2. The van der Waals surface area contributed by atoms with Crippen molar-refractivity contribution in [3.05, 3.63) is 35.4 Å². The van der Waals surface area contributed by atoms with Crippen LogP contribution < -0.4 is 0 Å². The van der Waals surface area contributed by atoms with Gasteiger partial charge in [-0.05, 0) is 18.2 Å². The van der Waals surface area contributed by atoms with Crippen LogP contribution in [0.25, 0.3) is 0 Å². The highest BCUT2D eigenvalue weighted by molar-refractivity contribution is 5.89. The molecule has 0 aliphatic heterocycles. The summed E-state index contributed by atoms with van der Waals surface area (Å²) < 4.78 is 35.0. The number of halogens is 2. The van der Waals surface area contributed by atoms with Crippen LogP contribution in [0.4, 0.5) is 8.78 Å². The maximum atomic E-state index is 13.0. The summed E-state index contributed by atoms with van der Waals surface area (Å²) in [7, 11) is 1.44. The molecule has 0 heterocycles. The highest BCUT2D eigenvalue weighted by atomic mass is 19.1. The van der Waals surface area contributed by atoms with Crippen molar-refractivity contribution in [3.8, 4) is 0 Å². The number of esters is 1. The average Bonchev–Trinajstić information content (AvgIpc) is 2.22. The zero-order valence-corrected chi connectivity index (χ0v) is 8.13. The second-order valence-electron chi connectivity index (χ2n) is 2.75. The smallest absolute Gasteiger partial charge is 0.341 e. The van der Waals surface area contributed by atoms with Gasteiger partial charge in [-0.1, -0.05) is 0 Å². The van der Waals surface area contributed by atoms with Gasteiger partial charge in [-0.15, -0.1) is 0 Å². The van der Waals surface area contributed by atoms with Gasteiger partial charge in [0.15, 0.2) is 0 Å². The van der Waals surface area contributed by atoms with Crippen LogP contribution in [-0.4, -0.2) is 26.3 Å². The molecule has 0 spiro atoms. The summed E-state index contributed by atoms with van der Waals surface area (Å²) in [5.74, 6) is -2.39. The predicted molar refractivity (Wildman–Crippen MR) is 48.5 cm³/mol. The molecule has 0 aliphatic carbocycles. The summed E-state index contributed by atoms with van der Waals surface area (Å²) in [6.45, 7) is 0.216. The molecule has 1 rings (SSSR count). The fraction of sp³-hybridized carbons (Fsp3) is 0.300. The molecular weight excluding hydrogens is 206 g/mol. The van der Waals surface area contributed by atoms with Crippen molar-refractivity contribution in [1.82, 2.24) is 0 Å². The Hall–Kier alpha value is -1.49. The van der Waals surface area contributed by atoms with E-state index in [0.29, 0.717) is 0 Å². The van der Waals surface area contributed by atoms with Crippen LogP contribution in [0.1, 0.15) is 10.4 Å². The van der Waals surface area contributed by atoms with Gasteiger partial charge in [-0.2, -0.15) is 0 Å². The van der Waals surface area contributed by atoms with Gasteiger partial charge in [-0.25, -0.2) is 13.6 Å². The molecule has 3 nitrogen and oxygen atoms in total. The van der Waals surface area contributed by atoms with Crippen LogP contribution >= 0.6 is 0 Å². The van der Waals surface area contributed by atoms with E-state index in [2.05, 4.69) is 9.47 Å². The van der Waals surface area contributed by atoms with E-state index in [0.717, 1.165) is 18.2 Å². The van der Waals surface area contributed by atoms with Gasteiger partial charge in [0.25, 0.3) is 0 Å². The van der Waals surface area contributed by atoms with Crippen molar-refractivity contribution in [3.63, 3.8) is 0 Å².